The molecule has 3 N–H and O–H groups in total. The number of ether oxygens (including phenoxy) is 1. The lowest BCUT2D eigenvalue weighted by Crippen LogP contribution is -2.50. The Labute approximate surface area is 234 Å². The minimum Gasteiger partial charge on any atom is -0.489 e. The molecule has 1 amide bonds. The fraction of sp³-hybridized carbons (Fsp3) is 0.406. The van der Waals surface area contributed by atoms with Gasteiger partial charge in [-0.05, 0) is 62.1 Å². The van der Waals surface area contributed by atoms with E-state index in [-0.39, 0.29) is 24.5 Å². The van der Waals surface area contributed by atoms with Crippen molar-refractivity contribution in [3.63, 3.8) is 0 Å². The number of piperidine rings is 1. The number of likely N-dealkylation sites (tertiary alicyclic amines) is 1. The van der Waals surface area contributed by atoms with E-state index in [2.05, 4.69) is 21.5 Å². The number of anilines is 1. The molecule has 0 spiro atoms. The van der Waals surface area contributed by atoms with Gasteiger partial charge in [-0.25, -0.2) is 9.97 Å². The molecule has 1 aliphatic heterocycles. The maximum absolute atomic E-state index is 11.8. The average Bonchev–Trinajstić information content (AvgIpc) is 3.41. The van der Waals surface area contributed by atoms with Gasteiger partial charge in [0.25, 0.3) is 0 Å². The third-order valence-electron chi connectivity index (χ3n) is 8.81. The summed E-state index contributed by atoms with van der Waals surface area (Å²) < 4.78 is 8.20. The summed E-state index contributed by atoms with van der Waals surface area (Å²) in [5.74, 6) is 3.07. The Bertz CT molecular complexity index is 1450. The molecule has 40 heavy (non-hydrogen) atoms. The lowest BCUT2D eigenvalue weighted by Gasteiger charge is -2.45. The molecule has 208 valence electrons. The summed E-state index contributed by atoms with van der Waals surface area (Å²) in [6.07, 6.45) is 10.6. The number of nitrogens with zero attached hydrogens (tertiary/aromatic N) is 4. The summed E-state index contributed by atoms with van der Waals surface area (Å²) in [7, 11) is 0. The average molecular weight is 540 g/mol. The summed E-state index contributed by atoms with van der Waals surface area (Å²) in [6, 6.07) is 18.2. The number of carbonyl (C=O) groups excluding carboxylic acids is 1. The third kappa shape index (κ3) is 5.16. The van der Waals surface area contributed by atoms with Crippen LogP contribution in [0.15, 0.2) is 67.0 Å². The van der Waals surface area contributed by atoms with Crippen LogP contribution in [0, 0.1) is 11.8 Å². The lowest BCUT2D eigenvalue weighted by molar-refractivity contribution is -0.126. The number of nitrogen functional groups attached to an aromatic ring is 1. The van der Waals surface area contributed by atoms with Crippen LogP contribution in [0.2, 0.25) is 0 Å². The fourth-order valence-corrected chi connectivity index (χ4v) is 6.87. The summed E-state index contributed by atoms with van der Waals surface area (Å²) in [5, 5.41) is 10.0. The van der Waals surface area contributed by atoms with Crippen molar-refractivity contribution in [2.75, 3.05) is 18.9 Å². The zero-order chi connectivity index (χ0) is 27.5. The minimum atomic E-state index is 0.128. The molecule has 2 aromatic heterocycles. The van der Waals surface area contributed by atoms with Crippen LogP contribution in [-0.2, 0) is 11.4 Å². The molecule has 1 aliphatic carbocycles. The quantitative estimate of drug-likeness (QED) is 0.303. The molecule has 2 aromatic carbocycles. The van der Waals surface area contributed by atoms with Gasteiger partial charge in [-0.15, -0.1) is 0 Å². The molecule has 8 nitrogen and oxygen atoms in total. The monoisotopic (exact) mass is 539 g/mol. The number of amides is 1. The molecular weight excluding hydrogens is 502 g/mol. The van der Waals surface area contributed by atoms with Crippen molar-refractivity contribution in [3.8, 4) is 17.0 Å². The van der Waals surface area contributed by atoms with Crippen molar-refractivity contribution < 1.29 is 14.6 Å². The smallest absolute Gasteiger partial charge is 0.209 e. The molecule has 0 bridgehead atoms. The van der Waals surface area contributed by atoms with Gasteiger partial charge in [-0.1, -0.05) is 42.5 Å². The van der Waals surface area contributed by atoms with Gasteiger partial charge in [0.2, 0.25) is 6.41 Å². The van der Waals surface area contributed by atoms with Crippen LogP contribution in [-0.4, -0.2) is 50.0 Å². The van der Waals surface area contributed by atoms with Crippen molar-refractivity contribution in [1.29, 1.82) is 0 Å². The number of aliphatic hydroxyl groups is 1. The zero-order valence-corrected chi connectivity index (χ0v) is 22.7. The first-order valence-corrected chi connectivity index (χ1v) is 14.4. The van der Waals surface area contributed by atoms with Gasteiger partial charge in [-0.2, -0.15) is 0 Å². The van der Waals surface area contributed by atoms with Crippen LogP contribution in [0.1, 0.15) is 55.8 Å². The number of nitrogens with two attached hydrogens (primary N) is 1. The number of hydrogen-bond acceptors (Lipinski definition) is 6. The Kier molecular flexibility index (Phi) is 7.68. The van der Waals surface area contributed by atoms with Crippen LogP contribution in [0.25, 0.3) is 16.8 Å². The van der Waals surface area contributed by atoms with Crippen LogP contribution in [0.4, 0.5) is 5.82 Å². The molecule has 8 heteroatoms. The van der Waals surface area contributed by atoms with E-state index in [1.807, 2.05) is 53.6 Å². The first kappa shape index (κ1) is 26.3. The van der Waals surface area contributed by atoms with Gasteiger partial charge in [0.15, 0.2) is 0 Å². The predicted molar refractivity (Wildman–Crippen MR) is 155 cm³/mol. The van der Waals surface area contributed by atoms with E-state index in [0.717, 1.165) is 85.4 Å². The van der Waals surface area contributed by atoms with Gasteiger partial charge in [0.05, 0.1) is 0 Å². The number of imidazole rings is 1. The largest absolute Gasteiger partial charge is 0.489 e. The van der Waals surface area contributed by atoms with E-state index in [4.69, 9.17) is 15.5 Å². The van der Waals surface area contributed by atoms with Crippen LogP contribution < -0.4 is 10.5 Å². The topological polar surface area (TPSA) is 106 Å². The minimum absolute atomic E-state index is 0.128. The summed E-state index contributed by atoms with van der Waals surface area (Å²) in [5.41, 5.74) is 10.1. The highest BCUT2D eigenvalue weighted by atomic mass is 16.5. The maximum atomic E-state index is 11.8. The lowest BCUT2D eigenvalue weighted by atomic mass is 9.72. The molecular formula is C32H37N5O3. The Balaban J connectivity index is 1.25. The van der Waals surface area contributed by atoms with E-state index in [0.29, 0.717) is 18.3 Å². The van der Waals surface area contributed by atoms with Gasteiger partial charge in [0, 0.05) is 49.0 Å². The normalized spacial score (nSPS) is 23.3. The molecule has 2 unspecified atom stereocenters. The Morgan fingerprint density at radius 2 is 1.88 bits per heavy atom. The van der Waals surface area contributed by atoms with Crippen LogP contribution in [0.5, 0.6) is 5.75 Å². The predicted octanol–water partition coefficient (Wildman–Crippen LogP) is 5.06. The van der Waals surface area contributed by atoms with E-state index in [1.165, 1.54) is 0 Å². The molecule has 2 fully saturated rings. The Morgan fingerprint density at radius 1 is 1.05 bits per heavy atom. The van der Waals surface area contributed by atoms with Crippen molar-refractivity contribution in [3.05, 3.63) is 78.4 Å². The number of aromatic nitrogens is 3. The number of carbonyl (C=O) groups is 1. The number of hydrogen-bond donors (Lipinski definition) is 2. The van der Waals surface area contributed by atoms with Gasteiger partial charge >= 0.3 is 0 Å². The van der Waals surface area contributed by atoms with Crippen molar-refractivity contribution >= 4 is 17.7 Å². The molecule has 2 aliphatic rings. The number of benzene rings is 2. The second kappa shape index (κ2) is 11.7. The van der Waals surface area contributed by atoms with E-state index in [9.17, 15) is 9.90 Å². The highest BCUT2D eigenvalue weighted by Crippen LogP contribution is 2.42. The van der Waals surface area contributed by atoms with E-state index >= 15 is 0 Å². The molecule has 4 aromatic rings. The Morgan fingerprint density at radius 3 is 2.65 bits per heavy atom. The summed E-state index contributed by atoms with van der Waals surface area (Å²) >= 11 is 0. The fourth-order valence-electron chi connectivity index (χ4n) is 6.87. The molecule has 1 saturated carbocycles. The van der Waals surface area contributed by atoms with Gasteiger partial charge in [-0.3, -0.25) is 9.20 Å². The highest BCUT2D eigenvalue weighted by molar-refractivity contribution is 5.85. The van der Waals surface area contributed by atoms with E-state index < -0.39 is 0 Å². The van der Waals surface area contributed by atoms with Crippen molar-refractivity contribution in [2.45, 2.75) is 57.1 Å². The SMILES string of the molecule is Nc1nccn2c(C3CCC(C4C(CO)CCCN4C=O)CC3)nc(-c3cccc(OCc4ccccc4)c3)c12. The zero-order valence-electron chi connectivity index (χ0n) is 22.7. The first-order chi connectivity index (χ1) is 19.7. The second-order valence-corrected chi connectivity index (χ2v) is 11.2. The molecule has 0 radical (unpaired) electrons. The van der Waals surface area contributed by atoms with Crippen molar-refractivity contribution in [1.82, 2.24) is 19.3 Å². The molecule has 3 heterocycles. The number of aliphatic hydroxyl groups excluding tert-OH is 1. The van der Waals surface area contributed by atoms with Crippen LogP contribution in [0.3, 0.4) is 0 Å². The van der Waals surface area contributed by atoms with Gasteiger partial charge < -0.3 is 20.5 Å². The van der Waals surface area contributed by atoms with E-state index in [1.54, 1.807) is 6.20 Å². The highest BCUT2D eigenvalue weighted by Gasteiger charge is 2.39. The molecule has 6 rings (SSSR count). The number of fused-ring (bicyclic) bond motifs is 1. The standard InChI is InChI=1S/C32H37N5O3/c33-31-30-28(25-8-4-10-27(18-25)40-20-22-6-2-1-3-7-22)35-32(37(30)17-15-34-31)24-13-11-23(12-14-24)29-26(19-38)9-5-16-36(29)21-39/h1-4,6-8,10,15,17-18,21,23-24,26,29,38H,5,9,11-14,16,19-20H2,(H2,33,34). The van der Waals surface area contributed by atoms with Gasteiger partial charge in [0.1, 0.15) is 35.2 Å². The molecule has 2 atom stereocenters. The first-order valence-electron chi connectivity index (χ1n) is 14.4. The summed E-state index contributed by atoms with van der Waals surface area (Å²) in [6.45, 7) is 1.43. The summed E-state index contributed by atoms with van der Waals surface area (Å²) in [4.78, 5) is 23.3. The maximum Gasteiger partial charge on any atom is 0.209 e. The Hall–Kier alpha value is -3.91. The van der Waals surface area contributed by atoms with Crippen LogP contribution >= 0.6 is 0 Å². The van der Waals surface area contributed by atoms with Crippen molar-refractivity contribution in [2.24, 2.45) is 11.8 Å². The third-order valence-corrected chi connectivity index (χ3v) is 8.81. The number of rotatable bonds is 8. The molecule has 1 saturated heterocycles. The second-order valence-electron chi connectivity index (χ2n) is 11.2.